The first-order chi connectivity index (χ1) is 4.38. The molecule has 0 N–H and O–H groups in total. The van der Waals surface area contributed by atoms with Crippen LogP contribution in [0.3, 0.4) is 0 Å². The Kier molecular flexibility index (Phi) is 1.07. The minimum atomic E-state index is 0.421. The van der Waals surface area contributed by atoms with Gasteiger partial charge in [-0.2, -0.15) is 0 Å². The Morgan fingerprint density at radius 3 is 2.89 bits per heavy atom. The summed E-state index contributed by atoms with van der Waals surface area (Å²) < 4.78 is 1.29. The van der Waals surface area contributed by atoms with Gasteiger partial charge < -0.3 is 0 Å². The third-order valence-electron chi connectivity index (χ3n) is 2.71. The first kappa shape index (κ1) is 5.39. The van der Waals surface area contributed by atoms with Crippen LogP contribution in [0, 0.1) is 10.8 Å². The van der Waals surface area contributed by atoms with Gasteiger partial charge in [0.25, 0.3) is 0 Å². The zero-order valence-corrected chi connectivity index (χ0v) is 5.55. The van der Waals surface area contributed by atoms with Crippen LogP contribution < -0.4 is 0 Å². The highest BCUT2D eigenvalue weighted by atomic mass is 16.3. The third-order valence-corrected chi connectivity index (χ3v) is 2.71. The van der Waals surface area contributed by atoms with Gasteiger partial charge in [0.2, 0.25) is 6.04 Å². The standard InChI is InChI=1S/C7H12NO/c9-8-5-4-6-2-1-3-7(6)8/h6-7H,1-5H2/q+1/t6-,7-/m1/s1. The average Bonchev–Trinajstić information content (AvgIpc) is 2.35. The molecule has 2 aliphatic rings. The molecule has 2 atom stereocenters. The lowest BCUT2D eigenvalue weighted by atomic mass is 10.1. The van der Waals surface area contributed by atoms with Crippen LogP contribution >= 0.6 is 0 Å². The molecule has 2 nitrogen and oxygen atoms in total. The molecule has 1 saturated carbocycles. The Morgan fingerprint density at radius 1 is 1.22 bits per heavy atom. The van der Waals surface area contributed by atoms with Crippen LogP contribution in [0.5, 0.6) is 0 Å². The van der Waals surface area contributed by atoms with E-state index in [9.17, 15) is 4.91 Å². The molecule has 0 aromatic carbocycles. The molecule has 9 heavy (non-hydrogen) atoms. The lowest BCUT2D eigenvalue weighted by Gasteiger charge is -1.95. The fourth-order valence-corrected chi connectivity index (χ4v) is 2.19. The van der Waals surface area contributed by atoms with Crippen LogP contribution in [0.25, 0.3) is 0 Å². The fourth-order valence-electron chi connectivity index (χ4n) is 2.19. The normalized spacial score (nSPS) is 41.6. The quantitative estimate of drug-likeness (QED) is 0.448. The molecular formula is C7H12NO+. The number of hydrogen-bond acceptors (Lipinski definition) is 1. The molecule has 2 rings (SSSR count). The molecule has 0 radical (unpaired) electrons. The van der Waals surface area contributed by atoms with Crippen molar-refractivity contribution in [2.24, 2.45) is 5.92 Å². The molecule has 1 saturated heterocycles. The summed E-state index contributed by atoms with van der Waals surface area (Å²) >= 11 is 0. The first-order valence-electron chi connectivity index (χ1n) is 3.82. The van der Waals surface area contributed by atoms with Crippen LogP contribution in [-0.4, -0.2) is 17.3 Å². The van der Waals surface area contributed by atoms with Crippen molar-refractivity contribution >= 4 is 0 Å². The summed E-state index contributed by atoms with van der Waals surface area (Å²) in [6, 6.07) is 0.421. The van der Waals surface area contributed by atoms with E-state index >= 15 is 0 Å². The lowest BCUT2D eigenvalue weighted by Crippen LogP contribution is -2.16. The molecule has 1 heterocycles. The highest BCUT2D eigenvalue weighted by Crippen LogP contribution is 2.34. The molecular weight excluding hydrogens is 114 g/mol. The molecule has 1 aliphatic heterocycles. The van der Waals surface area contributed by atoms with Gasteiger partial charge in [-0.25, -0.2) is 0 Å². The topological polar surface area (TPSA) is 20.1 Å². The van der Waals surface area contributed by atoms with Crippen LogP contribution in [-0.2, 0) is 0 Å². The monoisotopic (exact) mass is 126 g/mol. The average molecular weight is 126 g/mol. The Hall–Kier alpha value is -0.400. The van der Waals surface area contributed by atoms with Gasteiger partial charge in [-0.1, -0.05) is 0 Å². The summed E-state index contributed by atoms with van der Waals surface area (Å²) in [5.74, 6) is 0.766. The van der Waals surface area contributed by atoms with Crippen molar-refractivity contribution in [3.8, 4) is 0 Å². The number of nitroso groups, excluding NO2 is 1. The summed E-state index contributed by atoms with van der Waals surface area (Å²) in [6.07, 6.45) is 4.92. The van der Waals surface area contributed by atoms with Crippen molar-refractivity contribution in [1.29, 1.82) is 0 Å². The number of nitrogens with zero attached hydrogens (tertiary/aromatic N) is 1. The van der Waals surface area contributed by atoms with Crippen molar-refractivity contribution < 1.29 is 4.76 Å². The van der Waals surface area contributed by atoms with Crippen LogP contribution in [0.2, 0.25) is 0 Å². The predicted octanol–water partition coefficient (Wildman–Crippen LogP) is 1.34. The molecule has 0 bridgehead atoms. The van der Waals surface area contributed by atoms with Gasteiger partial charge in [-0.05, 0) is 12.8 Å². The second-order valence-electron chi connectivity index (χ2n) is 3.19. The van der Waals surface area contributed by atoms with Crippen molar-refractivity contribution in [2.75, 3.05) is 6.54 Å². The van der Waals surface area contributed by atoms with Crippen LogP contribution in [0.15, 0.2) is 0 Å². The zero-order valence-electron chi connectivity index (χ0n) is 5.55. The van der Waals surface area contributed by atoms with Gasteiger partial charge in [-0.3, -0.25) is 0 Å². The fraction of sp³-hybridized carbons (Fsp3) is 1.00. The minimum absolute atomic E-state index is 0.421. The molecule has 0 spiro atoms. The SMILES string of the molecule is O=[N+]1CC[C@H]2CCC[C@H]21. The van der Waals surface area contributed by atoms with E-state index in [1.54, 1.807) is 0 Å². The van der Waals surface area contributed by atoms with Gasteiger partial charge in [0, 0.05) is 28.4 Å². The van der Waals surface area contributed by atoms with Gasteiger partial charge in [-0.15, -0.1) is 0 Å². The molecule has 0 unspecified atom stereocenters. The maximum absolute atomic E-state index is 11.0. The summed E-state index contributed by atoms with van der Waals surface area (Å²) in [7, 11) is 0. The van der Waals surface area contributed by atoms with E-state index in [-0.39, 0.29) is 0 Å². The molecule has 2 fully saturated rings. The predicted molar refractivity (Wildman–Crippen MR) is 34.2 cm³/mol. The molecule has 0 aromatic heterocycles. The van der Waals surface area contributed by atoms with Crippen molar-refractivity contribution in [2.45, 2.75) is 31.7 Å². The summed E-state index contributed by atoms with van der Waals surface area (Å²) in [5.41, 5.74) is 0. The molecule has 2 heteroatoms. The van der Waals surface area contributed by atoms with Crippen molar-refractivity contribution in [3.05, 3.63) is 4.91 Å². The van der Waals surface area contributed by atoms with Gasteiger partial charge in [0.05, 0.1) is 0 Å². The Labute approximate surface area is 54.8 Å². The van der Waals surface area contributed by atoms with Gasteiger partial charge in [0.1, 0.15) is 0 Å². The van der Waals surface area contributed by atoms with Crippen molar-refractivity contribution in [3.63, 3.8) is 0 Å². The van der Waals surface area contributed by atoms with Crippen LogP contribution in [0.4, 0.5) is 0 Å². The van der Waals surface area contributed by atoms with Gasteiger partial charge in [0.15, 0.2) is 6.54 Å². The second-order valence-corrected chi connectivity index (χ2v) is 3.19. The molecule has 1 aliphatic carbocycles. The number of fused-ring (bicyclic) bond motifs is 1. The van der Waals surface area contributed by atoms with E-state index in [4.69, 9.17) is 0 Å². The Morgan fingerprint density at radius 2 is 2.11 bits per heavy atom. The van der Waals surface area contributed by atoms with Crippen molar-refractivity contribution in [1.82, 2.24) is 0 Å². The highest BCUT2D eigenvalue weighted by Gasteiger charge is 2.44. The maximum Gasteiger partial charge on any atom is 0.204 e. The van der Waals surface area contributed by atoms with E-state index in [1.165, 1.54) is 17.6 Å². The molecule has 0 amide bonds. The Bertz CT molecular complexity index is 144. The molecule has 0 aromatic rings. The third kappa shape index (κ3) is 0.689. The summed E-state index contributed by atoms with van der Waals surface area (Å²) in [4.78, 5) is 11.0. The lowest BCUT2D eigenvalue weighted by molar-refractivity contribution is -0.566. The van der Waals surface area contributed by atoms with E-state index in [0.717, 1.165) is 25.3 Å². The highest BCUT2D eigenvalue weighted by molar-refractivity contribution is 4.80. The van der Waals surface area contributed by atoms with E-state index in [2.05, 4.69) is 0 Å². The largest absolute Gasteiger partial charge is 0.204 e. The number of rotatable bonds is 0. The number of hydrogen-bond donors (Lipinski definition) is 0. The van der Waals surface area contributed by atoms with E-state index in [1.807, 2.05) is 0 Å². The van der Waals surface area contributed by atoms with Gasteiger partial charge >= 0.3 is 0 Å². The molecule has 50 valence electrons. The van der Waals surface area contributed by atoms with Crippen LogP contribution in [0.1, 0.15) is 25.7 Å². The smallest absolute Gasteiger partial charge is 0.0463 e. The Balaban J connectivity index is 2.15. The minimum Gasteiger partial charge on any atom is -0.0463 e. The van der Waals surface area contributed by atoms with E-state index in [0.29, 0.717) is 6.04 Å². The first-order valence-corrected chi connectivity index (χ1v) is 3.82. The van der Waals surface area contributed by atoms with E-state index < -0.39 is 0 Å². The second kappa shape index (κ2) is 1.79. The zero-order chi connectivity index (χ0) is 6.27. The maximum atomic E-state index is 11.0. The summed E-state index contributed by atoms with van der Waals surface area (Å²) in [6.45, 7) is 0.801. The summed E-state index contributed by atoms with van der Waals surface area (Å²) in [5, 5.41) is 0.